The molecule has 5 rings (SSSR count). The van der Waals surface area contributed by atoms with E-state index in [0.717, 1.165) is 16.5 Å². The number of esters is 1. The molecule has 0 radical (unpaired) electrons. The summed E-state index contributed by atoms with van der Waals surface area (Å²) in [6.07, 6.45) is 1.60. The fourth-order valence-electron chi connectivity index (χ4n) is 5.42. The Balaban J connectivity index is 1.70. The van der Waals surface area contributed by atoms with Crippen molar-refractivity contribution in [1.82, 2.24) is 13.9 Å². The van der Waals surface area contributed by atoms with Crippen LogP contribution in [0.5, 0.6) is 0 Å². The molecule has 0 spiro atoms. The molecule has 0 fully saturated rings. The van der Waals surface area contributed by atoms with E-state index in [1.54, 1.807) is 10.6 Å². The lowest BCUT2D eigenvalue weighted by molar-refractivity contribution is -0.168. The molecule has 2 aliphatic heterocycles. The zero-order chi connectivity index (χ0) is 27.6. The van der Waals surface area contributed by atoms with Crippen molar-refractivity contribution < 1.29 is 27.5 Å². The smallest absolute Gasteiger partial charge is 0.405 e. The van der Waals surface area contributed by atoms with Crippen LogP contribution in [0.4, 0.5) is 4.79 Å². The van der Waals surface area contributed by atoms with Crippen molar-refractivity contribution in [2.75, 3.05) is 12.8 Å². The van der Waals surface area contributed by atoms with Crippen LogP contribution in [0.25, 0.3) is 22.3 Å². The number of nitrogens with zero attached hydrogens (tertiary/aromatic N) is 3. The number of rotatable bonds is 6. The van der Waals surface area contributed by atoms with Crippen LogP contribution in [0.3, 0.4) is 0 Å². The second kappa shape index (κ2) is 9.18. The largest absolute Gasteiger partial charge is 0.457 e. The number of pyridine rings is 2. The molecule has 2 aromatic heterocycles. The molecule has 3 aromatic rings. The predicted octanol–water partition coefficient (Wildman–Crippen LogP) is 3.29. The summed E-state index contributed by atoms with van der Waals surface area (Å²) in [5.41, 5.74) is 0.286. The maximum atomic E-state index is 13.6. The number of para-hydroxylation sites is 1. The number of benzene rings is 1. The Hall–Kier alpha value is -3.28. The van der Waals surface area contributed by atoms with E-state index in [9.17, 15) is 22.8 Å². The van der Waals surface area contributed by atoms with Crippen molar-refractivity contribution in [3.63, 3.8) is 0 Å². The van der Waals surface area contributed by atoms with Crippen molar-refractivity contribution in [3.8, 4) is 11.4 Å². The molecule has 0 saturated heterocycles. The highest BCUT2D eigenvalue weighted by atomic mass is 35.5. The second-order valence-corrected chi connectivity index (χ2v) is 12.2. The standard InChI is InChI=1S/C26H26ClN3O7S/c1-14(2)30(38(4,34)35)10-9-15-16-7-5-6-8-20(16)28-22-17(15)12-29-21(22)11-19-18(23(29)31)13-36-24(32)26(19,3)37-25(27)33/h5-8,11,14H,9-10,12-13H2,1-4H3/t26-/m0/s1. The Labute approximate surface area is 224 Å². The molecule has 4 heterocycles. The normalized spacial score (nSPS) is 18.3. The molecular formula is C26H26ClN3O7S. The number of halogens is 1. The third-order valence-electron chi connectivity index (χ3n) is 7.19. The van der Waals surface area contributed by atoms with Gasteiger partial charge in [0.15, 0.2) is 0 Å². The summed E-state index contributed by atoms with van der Waals surface area (Å²) in [7, 11) is -3.44. The van der Waals surface area contributed by atoms with Gasteiger partial charge < -0.3 is 14.0 Å². The van der Waals surface area contributed by atoms with Crippen molar-refractivity contribution in [3.05, 3.63) is 62.9 Å². The van der Waals surface area contributed by atoms with Gasteiger partial charge in [0, 0.05) is 40.7 Å². The Morgan fingerprint density at radius 2 is 1.97 bits per heavy atom. The van der Waals surface area contributed by atoms with E-state index in [4.69, 9.17) is 26.1 Å². The SMILES string of the molecule is CC(C)N(CCc1c2c(nc3ccccc13)-c1cc3c(c(=O)n1C2)COC(=O)[C@@]3(C)OC(=O)Cl)S(C)(=O)=O. The lowest BCUT2D eigenvalue weighted by Crippen LogP contribution is -2.45. The number of sulfonamides is 1. The van der Waals surface area contributed by atoms with Crippen molar-refractivity contribution in [2.24, 2.45) is 0 Å². The molecule has 0 bridgehead atoms. The Kier molecular flexibility index (Phi) is 6.36. The highest BCUT2D eigenvalue weighted by Gasteiger charge is 2.48. The van der Waals surface area contributed by atoms with E-state index in [-0.39, 0.29) is 36.9 Å². The van der Waals surface area contributed by atoms with E-state index < -0.39 is 32.6 Å². The van der Waals surface area contributed by atoms with Gasteiger partial charge in [0.2, 0.25) is 15.6 Å². The molecule has 1 aromatic carbocycles. The topological polar surface area (TPSA) is 125 Å². The van der Waals surface area contributed by atoms with Gasteiger partial charge in [-0.15, -0.1) is 0 Å². The molecule has 10 nitrogen and oxygen atoms in total. The minimum atomic E-state index is -3.44. The first-order valence-corrected chi connectivity index (χ1v) is 14.3. The Morgan fingerprint density at radius 1 is 1.26 bits per heavy atom. The van der Waals surface area contributed by atoms with E-state index in [2.05, 4.69) is 0 Å². The first-order chi connectivity index (χ1) is 17.8. The Morgan fingerprint density at radius 3 is 2.63 bits per heavy atom. The minimum absolute atomic E-state index is 0.190. The molecule has 0 aliphatic carbocycles. The van der Waals surface area contributed by atoms with Crippen LogP contribution in [-0.2, 0) is 49.5 Å². The predicted molar refractivity (Wildman–Crippen MR) is 140 cm³/mol. The molecular weight excluding hydrogens is 534 g/mol. The Bertz CT molecular complexity index is 1680. The zero-order valence-electron chi connectivity index (χ0n) is 21.3. The van der Waals surface area contributed by atoms with Crippen LogP contribution in [0.2, 0.25) is 0 Å². The fourth-order valence-corrected chi connectivity index (χ4v) is 6.77. The van der Waals surface area contributed by atoms with Crippen LogP contribution in [0.1, 0.15) is 43.0 Å². The maximum absolute atomic E-state index is 13.6. The number of ether oxygens (including phenoxy) is 2. The second-order valence-electron chi connectivity index (χ2n) is 9.91. The third kappa shape index (κ3) is 4.18. The van der Waals surface area contributed by atoms with Gasteiger partial charge in [-0.1, -0.05) is 18.2 Å². The number of carbonyl (C=O) groups is 2. The van der Waals surface area contributed by atoms with Crippen LogP contribution in [0, 0.1) is 0 Å². The summed E-state index contributed by atoms with van der Waals surface area (Å²) in [4.78, 5) is 42.7. The van der Waals surface area contributed by atoms with Crippen molar-refractivity contribution >= 4 is 43.9 Å². The van der Waals surface area contributed by atoms with Gasteiger partial charge in [0.05, 0.1) is 35.3 Å². The van der Waals surface area contributed by atoms with Crippen LogP contribution in [0.15, 0.2) is 35.1 Å². The fraction of sp³-hybridized carbons (Fsp3) is 0.385. The summed E-state index contributed by atoms with van der Waals surface area (Å²) in [5, 5.41) is 0.869. The van der Waals surface area contributed by atoms with E-state index >= 15 is 0 Å². The lowest BCUT2D eigenvalue weighted by atomic mass is 9.89. The quantitative estimate of drug-likeness (QED) is 0.260. The first-order valence-electron chi connectivity index (χ1n) is 12.0. The summed E-state index contributed by atoms with van der Waals surface area (Å²) in [6, 6.07) is 8.93. The summed E-state index contributed by atoms with van der Waals surface area (Å²) in [5.74, 6) is -0.830. The molecule has 12 heteroatoms. The third-order valence-corrected chi connectivity index (χ3v) is 8.72. The van der Waals surface area contributed by atoms with Crippen molar-refractivity contribution in [1.29, 1.82) is 0 Å². The first kappa shape index (κ1) is 26.3. The average molecular weight is 560 g/mol. The number of fused-ring (bicyclic) bond motifs is 5. The van der Waals surface area contributed by atoms with Crippen LogP contribution < -0.4 is 5.56 Å². The van der Waals surface area contributed by atoms with E-state index in [1.165, 1.54) is 17.5 Å². The van der Waals surface area contributed by atoms with Gasteiger partial charge in [0.1, 0.15) is 6.61 Å². The maximum Gasteiger partial charge on any atom is 0.405 e. The summed E-state index contributed by atoms with van der Waals surface area (Å²) in [6.45, 7) is 5.19. The molecule has 0 amide bonds. The molecule has 0 unspecified atom stereocenters. The number of aromatic nitrogens is 2. The summed E-state index contributed by atoms with van der Waals surface area (Å²) >= 11 is 5.46. The molecule has 200 valence electrons. The highest BCUT2D eigenvalue weighted by Crippen LogP contribution is 2.40. The monoisotopic (exact) mass is 559 g/mol. The number of hydrogen-bond acceptors (Lipinski definition) is 8. The highest BCUT2D eigenvalue weighted by molar-refractivity contribution is 7.88. The van der Waals surface area contributed by atoms with Crippen LogP contribution >= 0.6 is 11.6 Å². The molecule has 1 atom stereocenters. The summed E-state index contributed by atoms with van der Waals surface area (Å²) < 4.78 is 38.1. The minimum Gasteiger partial charge on any atom is -0.457 e. The van der Waals surface area contributed by atoms with Gasteiger partial charge in [-0.05, 0) is 44.9 Å². The van der Waals surface area contributed by atoms with Gasteiger partial charge in [-0.2, -0.15) is 4.31 Å². The molecule has 2 aliphatic rings. The molecule has 38 heavy (non-hydrogen) atoms. The van der Waals surface area contributed by atoms with E-state index in [1.807, 2.05) is 38.1 Å². The van der Waals surface area contributed by atoms with Gasteiger partial charge in [0.25, 0.3) is 5.56 Å². The van der Waals surface area contributed by atoms with Crippen molar-refractivity contribution in [2.45, 2.75) is 52.0 Å². The van der Waals surface area contributed by atoms with Gasteiger partial charge in [-0.25, -0.2) is 23.0 Å². The average Bonchev–Trinajstić information content (AvgIpc) is 3.19. The van der Waals surface area contributed by atoms with Gasteiger partial charge >= 0.3 is 11.4 Å². The van der Waals surface area contributed by atoms with Crippen LogP contribution in [-0.4, -0.2) is 52.5 Å². The number of hydrogen-bond donors (Lipinski definition) is 0. The lowest BCUT2D eigenvalue weighted by Gasteiger charge is -2.32. The molecule has 0 saturated carbocycles. The van der Waals surface area contributed by atoms with Gasteiger partial charge in [-0.3, -0.25) is 4.79 Å². The van der Waals surface area contributed by atoms with E-state index in [0.29, 0.717) is 23.3 Å². The molecule has 0 N–H and O–H groups in total. The number of cyclic esters (lactones) is 1. The number of carbonyl (C=O) groups excluding carboxylic acids is 2. The zero-order valence-corrected chi connectivity index (χ0v) is 22.9.